The third-order valence-corrected chi connectivity index (χ3v) is 6.96. The van der Waals surface area contributed by atoms with Crippen LogP contribution in [0.3, 0.4) is 0 Å². The first-order chi connectivity index (χ1) is 17.9. The van der Waals surface area contributed by atoms with Gasteiger partial charge in [-0.25, -0.2) is 9.69 Å². The van der Waals surface area contributed by atoms with Gasteiger partial charge in [0.05, 0.1) is 18.9 Å². The van der Waals surface area contributed by atoms with Crippen molar-refractivity contribution < 1.29 is 19.1 Å². The average Bonchev–Trinajstić information content (AvgIpc) is 3.19. The van der Waals surface area contributed by atoms with Crippen molar-refractivity contribution in [3.63, 3.8) is 0 Å². The number of urea groups is 1. The lowest BCUT2D eigenvalue weighted by atomic mass is 10.1. The van der Waals surface area contributed by atoms with Crippen molar-refractivity contribution in [3.8, 4) is 5.69 Å². The Bertz CT molecular complexity index is 1380. The number of nitrogens with one attached hydrogen (secondary N) is 1. The van der Waals surface area contributed by atoms with Crippen LogP contribution in [0.5, 0.6) is 0 Å². The minimum Gasteiger partial charge on any atom is -0.378 e. The maximum absolute atomic E-state index is 13.3. The van der Waals surface area contributed by atoms with E-state index in [0.717, 1.165) is 71.5 Å². The lowest BCUT2D eigenvalue weighted by Crippen LogP contribution is -2.54. The zero-order chi connectivity index (χ0) is 26.1. The van der Waals surface area contributed by atoms with Gasteiger partial charge in [0.2, 0.25) is 0 Å². The van der Waals surface area contributed by atoms with Gasteiger partial charge in [0.1, 0.15) is 5.57 Å². The summed E-state index contributed by atoms with van der Waals surface area (Å²) >= 11 is 0. The number of ether oxygens (including phenoxy) is 1. The summed E-state index contributed by atoms with van der Waals surface area (Å²) in [7, 11) is 0. The normalized spacial score (nSPS) is 17.5. The van der Waals surface area contributed by atoms with E-state index >= 15 is 0 Å². The molecule has 3 aromatic rings. The van der Waals surface area contributed by atoms with Crippen molar-refractivity contribution in [1.82, 2.24) is 9.88 Å². The highest BCUT2D eigenvalue weighted by atomic mass is 16.5. The fraction of sp³-hybridized carbons (Fsp3) is 0.276. The second-order valence-electron chi connectivity index (χ2n) is 9.26. The molecular weight excluding hydrogens is 468 g/mol. The van der Waals surface area contributed by atoms with Crippen LogP contribution in [0.2, 0.25) is 0 Å². The van der Waals surface area contributed by atoms with E-state index < -0.39 is 17.8 Å². The molecule has 8 heteroatoms. The van der Waals surface area contributed by atoms with Crippen molar-refractivity contribution in [3.05, 3.63) is 82.7 Å². The third-order valence-electron chi connectivity index (χ3n) is 6.96. The van der Waals surface area contributed by atoms with Crippen molar-refractivity contribution in [2.24, 2.45) is 0 Å². The van der Waals surface area contributed by atoms with E-state index in [9.17, 15) is 14.4 Å². The van der Waals surface area contributed by atoms with E-state index in [2.05, 4.69) is 39.0 Å². The number of aryl methyl sites for hydroxylation is 2. The minimum absolute atomic E-state index is 0.0814. The Morgan fingerprint density at radius 1 is 0.892 bits per heavy atom. The van der Waals surface area contributed by atoms with E-state index in [-0.39, 0.29) is 5.57 Å². The summed E-state index contributed by atoms with van der Waals surface area (Å²) < 4.78 is 7.54. The number of anilines is 2. The fourth-order valence-electron chi connectivity index (χ4n) is 4.89. The van der Waals surface area contributed by atoms with Crippen LogP contribution in [0.1, 0.15) is 29.4 Å². The van der Waals surface area contributed by atoms with Crippen molar-refractivity contribution in [2.45, 2.75) is 27.2 Å². The number of hydrogen-bond acceptors (Lipinski definition) is 5. The summed E-state index contributed by atoms with van der Waals surface area (Å²) in [6.45, 7) is 9.17. The Kier molecular flexibility index (Phi) is 6.67. The van der Waals surface area contributed by atoms with E-state index in [1.165, 1.54) is 0 Å². The second-order valence-corrected chi connectivity index (χ2v) is 9.26. The highest BCUT2D eigenvalue weighted by Crippen LogP contribution is 2.27. The molecule has 1 N–H and O–H groups in total. The van der Waals surface area contributed by atoms with Crippen LogP contribution in [0.4, 0.5) is 16.2 Å². The van der Waals surface area contributed by atoms with Crippen molar-refractivity contribution in [1.29, 1.82) is 0 Å². The minimum atomic E-state index is -0.748. The Morgan fingerprint density at radius 2 is 1.51 bits per heavy atom. The molecule has 0 saturated carbocycles. The number of imide groups is 2. The van der Waals surface area contributed by atoms with E-state index in [0.29, 0.717) is 5.69 Å². The molecule has 2 aliphatic rings. The third kappa shape index (κ3) is 4.68. The molecular formula is C29H30N4O4. The molecule has 2 aliphatic heterocycles. The number of nitrogens with zero attached hydrogens (tertiary/aromatic N) is 3. The standard InChI is InChI=1S/C29H30N4O4/c1-4-21-5-7-25(8-6-21)33-28(35)26(27(34)30-29(33)36)18-22-17-19(2)32(20(22)3)24-11-9-23(10-12-24)31-13-15-37-16-14-31/h5-12,17-18H,4,13-16H2,1-3H3,(H,30,34,36)/b26-18+. The topological polar surface area (TPSA) is 83.9 Å². The van der Waals surface area contributed by atoms with Gasteiger partial charge in [0.15, 0.2) is 0 Å². The predicted octanol–water partition coefficient (Wildman–Crippen LogP) is 4.16. The van der Waals surface area contributed by atoms with Crippen LogP contribution in [-0.4, -0.2) is 48.7 Å². The molecule has 0 radical (unpaired) electrons. The maximum Gasteiger partial charge on any atom is 0.335 e. The SMILES string of the molecule is CCc1ccc(N2C(=O)NC(=O)/C(=C\c3cc(C)n(-c4ccc(N5CCOCC5)cc4)c3C)C2=O)cc1. The largest absolute Gasteiger partial charge is 0.378 e. The summed E-state index contributed by atoms with van der Waals surface area (Å²) in [5, 5.41) is 2.31. The van der Waals surface area contributed by atoms with Crippen LogP contribution >= 0.6 is 0 Å². The molecule has 190 valence electrons. The Hall–Kier alpha value is -4.17. The highest BCUT2D eigenvalue weighted by molar-refractivity contribution is 6.39. The molecule has 1 aromatic heterocycles. The molecule has 2 aromatic carbocycles. The number of hydrogen-bond donors (Lipinski definition) is 1. The first-order valence-electron chi connectivity index (χ1n) is 12.5. The highest BCUT2D eigenvalue weighted by Gasteiger charge is 2.37. The first-order valence-corrected chi connectivity index (χ1v) is 12.5. The van der Waals surface area contributed by atoms with Gasteiger partial charge in [0.25, 0.3) is 11.8 Å². The number of amides is 4. The van der Waals surface area contributed by atoms with Gasteiger partial charge in [0, 0.05) is 35.9 Å². The number of morpholine rings is 1. The van der Waals surface area contributed by atoms with E-state index in [1.54, 1.807) is 18.2 Å². The van der Waals surface area contributed by atoms with Gasteiger partial charge in [-0.15, -0.1) is 0 Å². The Morgan fingerprint density at radius 3 is 2.16 bits per heavy atom. The lowest BCUT2D eigenvalue weighted by molar-refractivity contribution is -0.122. The summed E-state index contributed by atoms with van der Waals surface area (Å²) in [6, 6.07) is 16.7. The lowest BCUT2D eigenvalue weighted by Gasteiger charge is -2.29. The fourth-order valence-corrected chi connectivity index (χ4v) is 4.89. The number of carbonyl (C=O) groups excluding carboxylic acids is 3. The van der Waals surface area contributed by atoms with Crippen molar-refractivity contribution in [2.75, 3.05) is 36.1 Å². The smallest absolute Gasteiger partial charge is 0.335 e. The summed E-state index contributed by atoms with van der Waals surface area (Å²) in [5.74, 6) is -1.34. The maximum atomic E-state index is 13.3. The van der Waals surface area contributed by atoms with Crippen LogP contribution in [-0.2, 0) is 20.7 Å². The van der Waals surface area contributed by atoms with Crippen LogP contribution < -0.4 is 15.1 Å². The molecule has 8 nitrogen and oxygen atoms in total. The average molecular weight is 499 g/mol. The molecule has 3 heterocycles. The summed E-state index contributed by atoms with van der Waals surface area (Å²) in [6.07, 6.45) is 2.41. The number of aromatic nitrogens is 1. The van der Waals surface area contributed by atoms with Gasteiger partial charge in [-0.1, -0.05) is 19.1 Å². The molecule has 37 heavy (non-hydrogen) atoms. The van der Waals surface area contributed by atoms with Crippen LogP contribution in [0.15, 0.2) is 60.2 Å². The first kappa shape index (κ1) is 24.5. The van der Waals surface area contributed by atoms with Crippen LogP contribution in [0.25, 0.3) is 11.8 Å². The molecule has 0 unspecified atom stereocenters. The zero-order valence-corrected chi connectivity index (χ0v) is 21.3. The number of carbonyl (C=O) groups is 3. The summed E-state index contributed by atoms with van der Waals surface area (Å²) in [5.41, 5.74) is 6.17. The molecule has 0 atom stereocenters. The van der Waals surface area contributed by atoms with Gasteiger partial charge in [-0.05, 0) is 79.9 Å². The van der Waals surface area contributed by atoms with Gasteiger partial charge in [-0.2, -0.15) is 0 Å². The summed E-state index contributed by atoms with van der Waals surface area (Å²) in [4.78, 5) is 41.9. The molecule has 5 rings (SSSR count). The molecule has 4 amide bonds. The number of barbiturate groups is 1. The Labute approximate surface area is 216 Å². The van der Waals surface area contributed by atoms with Gasteiger partial charge < -0.3 is 14.2 Å². The molecule has 0 spiro atoms. The molecule has 2 fully saturated rings. The van der Waals surface area contributed by atoms with Gasteiger partial charge >= 0.3 is 6.03 Å². The predicted molar refractivity (Wildman–Crippen MR) is 143 cm³/mol. The molecule has 0 bridgehead atoms. The Balaban J connectivity index is 1.45. The zero-order valence-electron chi connectivity index (χ0n) is 21.3. The second kappa shape index (κ2) is 10.1. The van der Waals surface area contributed by atoms with E-state index in [4.69, 9.17) is 4.74 Å². The number of rotatable bonds is 5. The van der Waals surface area contributed by atoms with E-state index in [1.807, 2.05) is 39.0 Å². The monoisotopic (exact) mass is 498 g/mol. The molecule has 0 aliphatic carbocycles. The number of benzene rings is 2. The molecule has 2 saturated heterocycles. The van der Waals surface area contributed by atoms with Crippen LogP contribution in [0, 0.1) is 13.8 Å². The quantitative estimate of drug-likeness (QED) is 0.422. The van der Waals surface area contributed by atoms with Crippen molar-refractivity contribution >= 4 is 35.3 Å². The van der Waals surface area contributed by atoms with Gasteiger partial charge in [-0.3, -0.25) is 14.9 Å².